The van der Waals surface area contributed by atoms with Gasteiger partial charge in [-0.2, -0.15) is 0 Å². The van der Waals surface area contributed by atoms with Gasteiger partial charge in [0, 0.05) is 32.6 Å². The number of anilines is 1. The third kappa shape index (κ3) is 5.53. The molecule has 3 atom stereocenters. The van der Waals surface area contributed by atoms with Crippen molar-refractivity contribution in [3.63, 3.8) is 0 Å². The number of halogens is 1. The van der Waals surface area contributed by atoms with Crippen molar-refractivity contribution in [3.8, 4) is 0 Å². The number of carbonyl (C=O) groups is 3. The molecule has 4 rings (SSSR count). The minimum atomic E-state index is -0.956. The molecule has 34 heavy (non-hydrogen) atoms. The first kappa shape index (κ1) is 23.7. The predicted octanol–water partition coefficient (Wildman–Crippen LogP) is 1.53. The van der Waals surface area contributed by atoms with Crippen LogP contribution in [0.4, 0.5) is 10.1 Å². The van der Waals surface area contributed by atoms with Crippen LogP contribution in [-0.4, -0.2) is 73.7 Å². The van der Waals surface area contributed by atoms with Crippen molar-refractivity contribution in [2.24, 2.45) is 0 Å². The summed E-state index contributed by atoms with van der Waals surface area (Å²) in [7, 11) is 0. The summed E-state index contributed by atoms with van der Waals surface area (Å²) in [5, 5.41) is 2.77. The minimum Gasteiger partial charge on any atom is -0.464 e. The zero-order valence-electron chi connectivity index (χ0n) is 19.0. The number of para-hydroxylation sites is 1. The third-order valence-corrected chi connectivity index (χ3v) is 5.95. The Kier molecular flexibility index (Phi) is 7.42. The van der Waals surface area contributed by atoms with Gasteiger partial charge in [0.15, 0.2) is 12.2 Å². The van der Waals surface area contributed by atoms with Gasteiger partial charge in [-0.3, -0.25) is 9.59 Å². The molecule has 0 bridgehead atoms. The summed E-state index contributed by atoms with van der Waals surface area (Å²) < 4.78 is 24.2. The lowest BCUT2D eigenvalue weighted by molar-refractivity contribution is -0.144. The molecule has 2 heterocycles. The summed E-state index contributed by atoms with van der Waals surface area (Å²) >= 11 is 0. The van der Waals surface area contributed by atoms with E-state index in [0.717, 1.165) is 5.56 Å². The van der Waals surface area contributed by atoms with Crippen molar-refractivity contribution in [3.05, 3.63) is 66.0 Å². The molecule has 2 aliphatic rings. The second-order valence-corrected chi connectivity index (χ2v) is 8.24. The van der Waals surface area contributed by atoms with Crippen LogP contribution in [0.5, 0.6) is 0 Å². The number of esters is 1. The van der Waals surface area contributed by atoms with E-state index in [2.05, 4.69) is 5.32 Å². The second kappa shape index (κ2) is 10.6. The van der Waals surface area contributed by atoms with E-state index in [9.17, 15) is 18.8 Å². The highest BCUT2D eigenvalue weighted by Crippen LogP contribution is 2.24. The molecule has 1 N–H and O–H groups in total. The number of nitrogens with one attached hydrogen (secondary N) is 1. The first-order valence-electron chi connectivity index (χ1n) is 11.4. The van der Waals surface area contributed by atoms with Crippen LogP contribution in [0.25, 0.3) is 0 Å². The average Bonchev–Trinajstić information content (AvgIpc) is 3.66. The molecule has 0 saturated carbocycles. The van der Waals surface area contributed by atoms with Crippen LogP contribution in [0.15, 0.2) is 54.6 Å². The van der Waals surface area contributed by atoms with Crippen LogP contribution < -0.4 is 10.2 Å². The van der Waals surface area contributed by atoms with Gasteiger partial charge in [0.25, 0.3) is 5.91 Å². The van der Waals surface area contributed by atoms with Gasteiger partial charge in [0.05, 0.1) is 12.3 Å². The lowest BCUT2D eigenvalue weighted by Crippen LogP contribution is -2.56. The van der Waals surface area contributed by atoms with Crippen molar-refractivity contribution in [1.29, 1.82) is 0 Å². The Labute approximate surface area is 197 Å². The standard InChI is InChI=1S/C25H28FN3O5/c1-2-33-25(32)22-21(34-22)23(30)27-19(16-17-8-4-3-5-9-17)24(31)29-14-12-28(13-15-29)20-11-7-6-10-18(20)26/h3-11,19,21-22H,2,12-16H2,1H3,(H,27,30)/t19-,21-,22-/m0/s1. The van der Waals surface area contributed by atoms with Crippen molar-refractivity contribution >= 4 is 23.5 Å². The first-order chi connectivity index (χ1) is 16.5. The van der Waals surface area contributed by atoms with E-state index in [1.807, 2.05) is 35.2 Å². The van der Waals surface area contributed by atoms with E-state index >= 15 is 0 Å². The summed E-state index contributed by atoms with van der Waals surface area (Å²) in [4.78, 5) is 41.5. The fourth-order valence-electron chi connectivity index (χ4n) is 4.12. The van der Waals surface area contributed by atoms with Gasteiger partial charge in [0.1, 0.15) is 11.9 Å². The number of hydrogen-bond acceptors (Lipinski definition) is 6. The number of hydrogen-bond donors (Lipinski definition) is 1. The monoisotopic (exact) mass is 469 g/mol. The number of carbonyl (C=O) groups excluding carboxylic acids is 3. The van der Waals surface area contributed by atoms with Gasteiger partial charge in [-0.05, 0) is 24.6 Å². The van der Waals surface area contributed by atoms with Crippen LogP contribution in [0.3, 0.4) is 0 Å². The topological polar surface area (TPSA) is 91.5 Å². The molecule has 2 aromatic rings. The fourth-order valence-corrected chi connectivity index (χ4v) is 4.12. The summed E-state index contributed by atoms with van der Waals surface area (Å²) in [6.45, 7) is 3.64. The average molecular weight is 470 g/mol. The molecule has 0 aliphatic carbocycles. The van der Waals surface area contributed by atoms with Crippen LogP contribution in [0, 0.1) is 5.82 Å². The largest absolute Gasteiger partial charge is 0.464 e. The lowest BCUT2D eigenvalue weighted by Gasteiger charge is -2.37. The van der Waals surface area contributed by atoms with Gasteiger partial charge in [-0.1, -0.05) is 42.5 Å². The molecule has 0 aromatic heterocycles. The van der Waals surface area contributed by atoms with Gasteiger partial charge in [-0.25, -0.2) is 9.18 Å². The number of benzene rings is 2. The Hall–Kier alpha value is -3.46. The number of rotatable bonds is 8. The number of nitrogens with zero attached hydrogens (tertiary/aromatic N) is 2. The van der Waals surface area contributed by atoms with E-state index < -0.39 is 30.1 Å². The van der Waals surface area contributed by atoms with Crippen LogP contribution in [0.1, 0.15) is 12.5 Å². The summed E-state index contributed by atoms with van der Waals surface area (Å²) in [5.41, 5.74) is 1.41. The highest BCUT2D eigenvalue weighted by Gasteiger charge is 2.52. The zero-order valence-corrected chi connectivity index (χ0v) is 19.0. The predicted molar refractivity (Wildman–Crippen MR) is 123 cm³/mol. The normalized spacial score (nSPS) is 20.4. The number of amides is 2. The van der Waals surface area contributed by atoms with Gasteiger partial charge in [0.2, 0.25) is 5.91 Å². The Morgan fingerprint density at radius 3 is 2.38 bits per heavy atom. The van der Waals surface area contributed by atoms with Crippen molar-refractivity contribution in [1.82, 2.24) is 10.2 Å². The maximum absolute atomic E-state index is 14.1. The van der Waals surface area contributed by atoms with Crippen molar-refractivity contribution in [2.75, 3.05) is 37.7 Å². The van der Waals surface area contributed by atoms with E-state index in [0.29, 0.717) is 38.3 Å². The van der Waals surface area contributed by atoms with Crippen LogP contribution in [-0.2, 0) is 30.3 Å². The minimum absolute atomic E-state index is 0.195. The van der Waals surface area contributed by atoms with E-state index in [4.69, 9.17) is 9.47 Å². The molecule has 180 valence electrons. The smallest absolute Gasteiger partial charge is 0.338 e. The SMILES string of the molecule is CCOC(=O)[C@H]1O[C@@H]1C(=O)N[C@@H](Cc1ccccc1)C(=O)N1CCN(c2ccccc2F)CC1. The van der Waals surface area contributed by atoms with Crippen molar-refractivity contribution < 1.29 is 28.2 Å². The molecular weight excluding hydrogens is 441 g/mol. The molecule has 2 fully saturated rings. The quantitative estimate of drug-likeness (QED) is 0.466. The third-order valence-electron chi connectivity index (χ3n) is 5.95. The fraction of sp³-hybridized carbons (Fsp3) is 0.400. The van der Waals surface area contributed by atoms with E-state index in [1.54, 1.807) is 30.0 Å². The number of ether oxygens (including phenoxy) is 2. The Morgan fingerprint density at radius 1 is 1.03 bits per heavy atom. The Balaban J connectivity index is 1.41. The zero-order chi connectivity index (χ0) is 24.1. The van der Waals surface area contributed by atoms with Gasteiger partial charge in [-0.15, -0.1) is 0 Å². The van der Waals surface area contributed by atoms with Crippen LogP contribution in [0.2, 0.25) is 0 Å². The summed E-state index contributed by atoms with van der Waals surface area (Å²) in [6.07, 6.45) is -1.59. The molecule has 9 heteroatoms. The maximum Gasteiger partial charge on any atom is 0.338 e. The Bertz CT molecular complexity index is 1030. The van der Waals surface area contributed by atoms with Crippen molar-refractivity contribution in [2.45, 2.75) is 31.6 Å². The molecule has 2 aliphatic heterocycles. The summed E-state index contributed by atoms with van der Waals surface area (Å²) in [6, 6.07) is 15.1. The lowest BCUT2D eigenvalue weighted by atomic mass is 10.0. The number of piperazine rings is 1. The molecule has 0 radical (unpaired) electrons. The molecular formula is C25H28FN3O5. The maximum atomic E-state index is 14.1. The van der Waals surface area contributed by atoms with E-state index in [1.165, 1.54) is 6.07 Å². The molecule has 2 saturated heterocycles. The summed E-state index contributed by atoms with van der Waals surface area (Å²) in [5.74, 6) is -1.62. The van der Waals surface area contributed by atoms with Gasteiger partial charge >= 0.3 is 5.97 Å². The molecule has 2 aromatic carbocycles. The van der Waals surface area contributed by atoms with E-state index in [-0.39, 0.29) is 18.3 Å². The Morgan fingerprint density at radius 2 is 1.71 bits per heavy atom. The molecule has 0 unspecified atom stereocenters. The van der Waals surface area contributed by atoms with Crippen LogP contribution >= 0.6 is 0 Å². The molecule has 2 amide bonds. The second-order valence-electron chi connectivity index (χ2n) is 8.24. The highest BCUT2D eigenvalue weighted by molar-refractivity contribution is 5.95. The molecule has 8 nitrogen and oxygen atoms in total. The molecule has 0 spiro atoms. The number of epoxide rings is 1. The highest BCUT2D eigenvalue weighted by atomic mass is 19.1. The van der Waals surface area contributed by atoms with Gasteiger partial charge < -0.3 is 24.6 Å². The first-order valence-corrected chi connectivity index (χ1v) is 11.4.